The lowest BCUT2D eigenvalue weighted by atomic mass is 9.97. The topological polar surface area (TPSA) is 38.5 Å². The summed E-state index contributed by atoms with van der Waals surface area (Å²) in [5, 5.41) is 0. The molecule has 2 rings (SSSR count). The Morgan fingerprint density at radius 3 is 2.79 bits per heavy atom. The molecule has 2 fully saturated rings. The van der Waals surface area contributed by atoms with Crippen molar-refractivity contribution in [2.75, 3.05) is 32.8 Å². The van der Waals surface area contributed by atoms with E-state index in [0.717, 1.165) is 31.7 Å². The normalized spacial score (nSPS) is 30.2. The zero-order chi connectivity index (χ0) is 9.80. The Morgan fingerprint density at radius 1 is 1.29 bits per heavy atom. The summed E-state index contributed by atoms with van der Waals surface area (Å²) in [5.41, 5.74) is 5.65. The lowest BCUT2D eigenvalue weighted by Crippen LogP contribution is -2.47. The van der Waals surface area contributed by atoms with Gasteiger partial charge in [0.1, 0.15) is 0 Å². The molecule has 82 valence electrons. The van der Waals surface area contributed by atoms with Crippen LogP contribution in [0.3, 0.4) is 0 Å². The number of rotatable bonds is 4. The van der Waals surface area contributed by atoms with Crippen molar-refractivity contribution in [1.29, 1.82) is 0 Å². The number of piperidine rings is 1. The maximum absolute atomic E-state index is 5.65. The zero-order valence-electron chi connectivity index (χ0n) is 8.95. The summed E-state index contributed by atoms with van der Waals surface area (Å²) in [7, 11) is 0. The van der Waals surface area contributed by atoms with Crippen LogP contribution < -0.4 is 5.73 Å². The van der Waals surface area contributed by atoms with Crippen LogP contribution in [0.5, 0.6) is 0 Å². The van der Waals surface area contributed by atoms with Crippen molar-refractivity contribution in [3.63, 3.8) is 0 Å². The molecule has 1 atom stereocenters. The standard InChI is InChI=1S/C11H22N2O/c12-5-4-11-3-1-2-6-13(11)7-10-8-14-9-10/h10-11H,1-9,12H2. The summed E-state index contributed by atoms with van der Waals surface area (Å²) in [6.07, 6.45) is 5.29. The largest absolute Gasteiger partial charge is 0.381 e. The molecule has 2 aliphatic rings. The van der Waals surface area contributed by atoms with Gasteiger partial charge >= 0.3 is 0 Å². The second-order valence-corrected chi connectivity index (χ2v) is 4.63. The monoisotopic (exact) mass is 198 g/mol. The summed E-state index contributed by atoms with van der Waals surface area (Å²) in [6, 6.07) is 0.759. The molecule has 3 heteroatoms. The van der Waals surface area contributed by atoms with Gasteiger partial charge in [-0.25, -0.2) is 0 Å². The Bertz CT molecular complexity index is 169. The minimum Gasteiger partial charge on any atom is -0.381 e. The number of hydrogen-bond acceptors (Lipinski definition) is 3. The highest BCUT2D eigenvalue weighted by atomic mass is 16.5. The second kappa shape index (κ2) is 5.10. The van der Waals surface area contributed by atoms with Crippen molar-refractivity contribution in [2.24, 2.45) is 11.7 Å². The van der Waals surface area contributed by atoms with Crippen LogP contribution in [0.1, 0.15) is 25.7 Å². The molecule has 2 heterocycles. The molecular weight excluding hydrogens is 176 g/mol. The van der Waals surface area contributed by atoms with Gasteiger partial charge in [-0.05, 0) is 32.4 Å². The average molecular weight is 198 g/mol. The molecular formula is C11H22N2O. The number of hydrogen-bond donors (Lipinski definition) is 1. The first kappa shape index (κ1) is 10.4. The zero-order valence-corrected chi connectivity index (χ0v) is 8.95. The first-order chi connectivity index (χ1) is 6.90. The van der Waals surface area contributed by atoms with Crippen molar-refractivity contribution in [3.05, 3.63) is 0 Å². The minimum absolute atomic E-state index is 0.759. The van der Waals surface area contributed by atoms with E-state index < -0.39 is 0 Å². The molecule has 3 nitrogen and oxygen atoms in total. The fourth-order valence-electron chi connectivity index (χ4n) is 2.54. The van der Waals surface area contributed by atoms with Crippen LogP contribution in [-0.2, 0) is 4.74 Å². The highest BCUT2D eigenvalue weighted by Gasteiger charge is 2.27. The third-order valence-electron chi connectivity index (χ3n) is 3.45. The number of ether oxygens (including phenoxy) is 1. The highest BCUT2D eigenvalue weighted by Crippen LogP contribution is 2.22. The summed E-state index contributed by atoms with van der Waals surface area (Å²) in [5.74, 6) is 0.799. The molecule has 0 aliphatic carbocycles. The van der Waals surface area contributed by atoms with Crippen LogP contribution >= 0.6 is 0 Å². The van der Waals surface area contributed by atoms with E-state index in [2.05, 4.69) is 4.90 Å². The van der Waals surface area contributed by atoms with E-state index in [1.165, 1.54) is 38.8 Å². The molecule has 0 amide bonds. The molecule has 14 heavy (non-hydrogen) atoms. The van der Waals surface area contributed by atoms with E-state index in [1.807, 2.05) is 0 Å². The Balaban J connectivity index is 1.78. The first-order valence-electron chi connectivity index (χ1n) is 5.92. The van der Waals surface area contributed by atoms with Gasteiger partial charge in [-0.3, -0.25) is 4.90 Å². The Hall–Kier alpha value is -0.120. The van der Waals surface area contributed by atoms with Crippen LogP contribution in [-0.4, -0.2) is 43.8 Å². The summed E-state index contributed by atoms with van der Waals surface area (Å²) in [4.78, 5) is 2.64. The minimum atomic E-state index is 0.759. The maximum atomic E-state index is 5.65. The van der Waals surface area contributed by atoms with Gasteiger partial charge in [-0.15, -0.1) is 0 Å². The fraction of sp³-hybridized carbons (Fsp3) is 1.00. The van der Waals surface area contributed by atoms with Crippen LogP contribution in [0.25, 0.3) is 0 Å². The van der Waals surface area contributed by atoms with E-state index in [9.17, 15) is 0 Å². The molecule has 0 aromatic carbocycles. The predicted molar refractivity (Wildman–Crippen MR) is 57.2 cm³/mol. The van der Waals surface area contributed by atoms with Crippen molar-refractivity contribution < 1.29 is 4.74 Å². The molecule has 0 spiro atoms. The average Bonchev–Trinajstić information content (AvgIpc) is 2.14. The van der Waals surface area contributed by atoms with Crippen LogP contribution in [0, 0.1) is 5.92 Å². The summed E-state index contributed by atoms with van der Waals surface area (Å²) >= 11 is 0. The molecule has 0 bridgehead atoms. The molecule has 2 N–H and O–H groups in total. The van der Waals surface area contributed by atoms with Crippen LogP contribution in [0.4, 0.5) is 0 Å². The number of likely N-dealkylation sites (tertiary alicyclic amines) is 1. The fourth-order valence-corrected chi connectivity index (χ4v) is 2.54. The van der Waals surface area contributed by atoms with Crippen molar-refractivity contribution >= 4 is 0 Å². The Kier molecular flexibility index (Phi) is 3.79. The molecule has 0 aromatic rings. The van der Waals surface area contributed by atoms with E-state index in [0.29, 0.717) is 0 Å². The third kappa shape index (κ3) is 2.47. The van der Waals surface area contributed by atoms with Crippen LogP contribution in [0.15, 0.2) is 0 Å². The second-order valence-electron chi connectivity index (χ2n) is 4.63. The predicted octanol–water partition coefficient (Wildman–Crippen LogP) is 0.836. The van der Waals surface area contributed by atoms with E-state index in [4.69, 9.17) is 10.5 Å². The summed E-state index contributed by atoms with van der Waals surface area (Å²) in [6.45, 7) is 5.31. The van der Waals surface area contributed by atoms with Gasteiger partial charge in [0.15, 0.2) is 0 Å². The van der Waals surface area contributed by atoms with E-state index in [-0.39, 0.29) is 0 Å². The van der Waals surface area contributed by atoms with Gasteiger partial charge in [0.25, 0.3) is 0 Å². The smallest absolute Gasteiger partial charge is 0.0528 e. The molecule has 0 saturated carbocycles. The van der Waals surface area contributed by atoms with Gasteiger partial charge < -0.3 is 10.5 Å². The molecule has 1 unspecified atom stereocenters. The highest BCUT2D eigenvalue weighted by molar-refractivity contribution is 4.80. The third-order valence-corrected chi connectivity index (χ3v) is 3.45. The Labute approximate surface area is 86.6 Å². The Morgan fingerprint density at radius 2 is 2.14 bits per heavy atom. The molecule has 2 aliphatic heterocycles. The van der Waals surface area contributed by atoms with Crippen LogP contribution in [0.2, 0.25) is 0 Å². The van der Waals surface area contributed by atoms with E-state index in [1.54, 1.807) is 0 Å². The summed E-state index contributed by atoms with van der Waals surface area (Å²) < 4.78 is 5.22. The van der Waals surface area contributed by atoms with Crippen molar-refractivity contribution in [1.82, 2.24) is 4.90 Å². The van der Waals surface area contributed by atoms with Gasteiger partial charge in [-0.2, -0.15) is 0 Å². The van der Waals surface area contributed by atoms with Crippen molar-refractivity contribution in [2.45, 2.75) is 31.7 Å². The van der Waals surface area contributed by atoms with Gasteiger partial charge in [0.05, 0.1) is 13.2 Å². The van der Waals surface area contributed by atoms with Gasteiger partial charge in [0.2, 0.25) is 0 Å². The molecule has 0 aromatic heterocycles. The van der Waals surface area contributed by atoms with Gasteiger partial charge in [-0.1, -0.05) is 6.42 Å². The number of nitrogens with zero attached hydrogens (tertiary/aromatic N) is 1. The lowest BCUT2D eigenvalue weighted by molar-refractivity contribution is -0.0552. The quantitative estimate of drug-likeness (QED) is 0.727. The van der Waals surface area contributed by atoms with E-state index >= 15 is 0 Å². The SMILES string of the molecule is NCCC1CCCCN1CC1COC1. The lowest BCUT2D eigenvalue weighted by Gasteiger charge is -2.40. The van der Waals surface area contributed by atoms with Crippen molar-refractivity contribution in [3.8, 4) is 0 Å². The van der Waals surface area contributed by atoms with Gasteiger partial charge in [0, 0.05) is 18.5 Å². The molecule has 2 saturated heterocycles. The first-order valence-corrected chi connectivity index (χ1v) is 5.92. The molecule has 0 radical (unpaired) electrons. The number of nitrogens with two attached hydrogens (primary N) is 1. The maximum Gasteiger partial charge on any atom is 0.0528 e.